The third-order valence-electron chi connectivity index (χ3n) is 3.56. The van der Waals surface area contributed by atoms with Gasteiger partial charge in [0, 0.05) is 18.8 Å². The lowest BCUT2D eigenvalue weighted by molar-refractivity contribution is -0.148. The standard InChI is InChI=1S/C16H12F6N2O2/c1-23(11-5-3-2-4-6-11)14(26)9-24-12(16(20,21)22)7-10(8-13(24)25)15(17,18)19/h2-8H,9H2,1H3. The number of likely N-dealkylation sites (N-methyl/N-ethyl adjacent to an activating group) is 1. The van der Waals surface area contributed by atoms with Gasteiger partial charge in [-0.15, -0.1) is 0 Å². The highest BCUT2D eigenvalue weighted by atomic mass is 19.4. The molecule has 1 aromatic heterocycles. The van der Waals surface area contributed by atoms with E-state index in [1.54, 1.807) is 18.2 Å². The van der Waals surface area contributed by atoms with Gasteiger partial charge < -0.3 is 4.90 Å². The van der Waals surface area contributed by atoms with Crippen LogP contribution in [-0.4, -0.2) is 17.5 Å². The average molecular weight is 378 g/mol. The molecule has 0 N–H and O–H groups in total. The molecule has 2 rings (SSSR count). The molecule has 1 aromatic carbocycles. The zero-order valence-electron chi connectivity index (χ0n) is 13.2. The van der Waals surface area contributed by atoms with Gasteiger partial charge in [0.1, 0.15) is 12.2 Å². The molecule has 26 heavy (non-hydrogen) atoms. The Bertz CT molecular complexity index is 856. The number of aromatic nitrogens is 1. The first-order valence-electron chi connectivity index (χ1n) is 7.12. The van der Waals surface area contributed by atoms with Crippen molar-refractivity contribution < 1.29 is 31.1 Å². The summed E-state index contributed by atoms with van der Waals surface area (Å²) < 4.78 is 77.4. The Hall–Kier alpha value is -2.78. The van der Waals surface area contributed by atoms with Crippen molar-refractivity contribution in [2.45, 2.75) is 18.9 Å². The summed E-state index contributed by atoms with van der Waals surface area (Å²) in [5.74, 6) is -0.899. The number of halogens is 6. The van der Waals surface area contributed by atoms with Crippen molar-refractivity contribution in [3.8, 4) is 0 Å². The second-order valence-corrected chi connectivity index (χ2v) is 5.34. The highest BCUT2D eigenvalue weighted by molar-refractivity contribution is 5.92. The summed E-state index contributed by atoms with van der Waals surface area (Å²) in [6.45, 7) is -1.06. The highest BCUT2D eigenvalue weighted by Gasteiger charge is 2.39. The van der Waals surface area contributed by atoms with Crippen LogP contribution in [0.15, 0.2) is 47.3 Å². The maximum atomic E-state index is 13.1. The largest absolute Gasteiger partial charge is 0.431 e. The molecule has 10 heteroatoms. The molecule has 4 nitrogen and oxygen atoms in total. The van der Waals surface area contributed by atoms with Crippen LogP contribution in [-0.2, 0) is 23.7 Å². The zero-order chi connectivity index (χ0) is 19.7. The van der Waals surface area contributed by atoms with Crippen LogP contribution in [0.25, 0.3) is 0 Å². The maximum absolute atomic E-state index is 13.1. The number of alkyl halides is 6. The van der Waals surface area contributed by atoms with Crippen molar-refractivity contribution >= 4 is 11.6 Å². The molecular weight excluding hydrogens is 366 g/mol. The number of benzene rings is 1. The van der Waals surface area contributed by atoms with E-state index in [1.165, 1.54) is 19.2 Å². The fraction of sp³-hybridized carbons (Fsp3) is 0.250. The molecule has 1 heterocycles. The molecule has 0 aliphatic rings. The Balaban J connectivity index is 2.46. The van der Waals surface area contributed by atoms with Gasteiger partial charge in [-0.2, -0.15) is 26.3 Å². The molecule has 1 amide bonds. The van der Waals surface area contributed by atoms with Gasteiger partial charge in [0.2, 0.25) is 5.91 Å². The van der Waals surface area contributed by atoms with E-state index in [0.29, 0.717) is 5.69 Å². The van der Waals surface area contributed by atoms with Gasteiger partial charge in [-0.05, 0) is 18.2 Å². The number of rotatable bonds is 3. The molecule has 0 saturated carbocycles. The molecule has 140 valence electrons. The van der Waals surface area contributed by atoms with Crippen LogP contribution in [0.1, 0.15) is 11.3 Å². The van der Waals surface area contributed by atoms with Crippen molar-refractivity contribution in [1.82, 2.24) is 4.57 Å². The Morgan fingerprint density at radius 3 is 2.08 bits per heavy atom. The van der Waals surface area contributed by atoms with E-state index in [4.69, 9.17) is 0 Å². The summed E-state index contributed by atoms with van der Waals surface area (Å²) in [7, 11) is 1.28. The Morgan fingerprint density at radius 1 is 1.00 bits per heavy atom. The van der Waals surface area contributed by atoms with E-state index in [0.717, 1.165) is 4.90 Å². The van der Waals surface area contributed by atoms with Gasteiger partial charge in [0.15, 0.2) is 0 Å². The zero-order valence-corrected chi connectivity index (χ0v) is 13.2. The van der Waals surface area contributed by atoms with Crippen molar-refractivity contribution in [2.75, 3.05) is 11.9 Å². The van der Waals surface area contributed by atoms with E-state index in [1.807, 2.05) is 0 Å². The lowest BCUT2D eigenvalue weighted by Gasteiger charge is -2.21. The topological polar surface area (TPSA) is 42.3 Å². The summed E-state index contributed by atoms with van der Waals surface area (Å²) in [4.78, 5) is 25.0. The number of carbonyl (C=O) groups is 1. The summed E-state index contributed by atoms with van der Waals surface area (Å²) in [5, 5.41) is 0. The predicted molar refractivity (Wildman–Crippen MR) is 80.6 cm³/mol. The van der Waals surface area contributed by atoms with Gasteiger partial charge in [-0.3, -0.25) is 14.2 Å². The minimum atomic E-state index is -5.24. The number of amides is 1. The minimum Gasteiger partial charge on any atom is -0.314 e. The molecule has 2 aromatic rings. The van der Waals surface area contributed by atoms with Crippen LogP contribution < -0.4 is 10.5 Å². The van der Waals surface area contributed by atoms with E-state index in [9.17, 15) is 35.9 Å². The van der Waals surface area contributed by atoms with Crippen LogP contribution in [0.3, 0.4) is 0 Å². The smallest absolute Gasteiger partial charge is 0.314 e. The van der Waals surface area contributed by atoms with Gasteiger partial charge in [-0.25, -0.2) is 0 Å². The summed E-state index contributed by atoms with van der Waals surface area (Å²) in [6, 6.07) is 7.71. The molecule has 0 bridgehead atoms. The number of hydrogen-bond donors (Lipinski definition) is 0. The maximum Gasteiger partial charge on any atom is 0.431 e. The first-order valence-corrected chi connectivity index (χ1v) is 7.12. The molecule has 0 aliphatic heterocycles. The quantitative estimate of drug-likeness (QED) is 0.767. The van der Waals surface area contributed by atoms with E-state index in [2.05, 4.69) is 0 Å². The van der Waals surface area contributed by atoms with Gasteiger partial charge in [0.05, 0.1) is 5.56 Å². The first kappa shape index (κ1) is 19.5. The second-order valence-electron chi connectivity index (χ2n) is 5.34. The number of carbonyl (C=O) groups excluding carboxylic acids is 1. The van der Waals surface area contributed by atoms with Crippen molar-refractivity contribution in [2.24, 2.45) is 0 Å². The van der Waals surface area contributed by atoms with Gasteiger partial charge in [0.25, 0.3) is 5.56 Å². The molecule has 0 unspecified atom stereocenters. The average Bonchev–Trinajstić information content (AvgIpc) is 2.54. The molecule has 0 spiro atoms. The molecule has 0 aliphatic carbocycles. The Kier molecular flexibility index (Phi) is 5.15. The summed E-state index contributed by atoms with van der Waals surface area (Å²) in [6.07, 6.45) is -10.4. The first-order chi connectivity index (χ1) is 11.9. The third kappa shape index (κ3) is 4.24. The fourth-order valence-corrected chi connectivity index (χ4v) is 2.20. The van der Waals surface area contributed by atoms with E-state index in [-0.39, 0.29) is 16.7 Å². The molecular formula is C16H12F6N2O2. The minimum absolute atomic E-state index is 0.0169. The number of anilines is 1. The number of para-hydroxylation sites is 1. The fourth-order valence-electron chi connectivity index (χ4n) is 2.20. The van der Waals surface area contributed by atoms with Crippen LogP contribution in [0.4, 0.5) is 32.0 Å². The molecule has 0 atom stereocenters. The predicted octanol–water partition coefficient (Wildman–Crippen LogP) is 3.55. The SMILES string of the molecule is CN(C(=O)Cn1c(C(F)(F)F)cc(C(F)(F)F)cc1=O)c1ccccc1. The van der Waals surface area contributed by atoms with Crippen molar-refractivity contribution in [1.29, 1.82) is 0 Å². The van der Waals surface area contributed by atoms with Crippen LogP contribution in [0.5, 0.6) is 0 Å². The van der Waals surface area contributed by atoms with E-state index < -0.39 is 41.6 Å². The highest BCUT2D eigenvalue weighted by Crippen LogP contribution is 2.34. The number of nitrogens with zero attached hydrogens (tertiary/aromatic N) is 2. The number of pyridine rings is 1. The summed E-state index contributed by atoms with van der Waals surface area (Å²) >= 11 is 0. The van der Waals surface area contributed by atoms with Crippen molar-refractivity contribution in [3.63, 3.8) is 0 Å². The number of hydrogen-bond acceptors (Lipinski definition) is 2. The third-order valence-corrected chi connectivity index (χ3v) is 3.56. The monoisotopic (exact) mass is 378 g/mol. The van der Waals surface area contributed by atoms with Gasteiger partial charge >= 0.3 is 12.4 Å². The molecule has 0 fully saturated rings. The van der Waals surface area contributed by atoms with Gasteiger partial charge in [-0.1, -0.05) is 18.2 Å². The molecule has 0 saturated heterocycles. The lowest BCUT2D eigenvalue weighted by atomic mass is 10.2. The summed E-state index contributed by atoms with van der Waals surface area (Å²) in [5.41, 5.74) is -4.78. The van der Waals surface area contributed by atoms with Crippen LogP contribution in [0, 0.1) is 0 Å². The van der Waals surface area contributed by atoms with E-state index >= 15 is 0 Å². The second kappa shape index (κ2) is 6.85. The van der Waals surface area contributed by atoms with Crippen LogP contribution >= 0.6 is 0 Å². The Labute approximate surface area is 143 Å². The lowest BCUT2D eigenvalue weighted by Crippen LogP contribution is -2.37. The molecule has 0 radical (unpaired) electrons. The van der Waals surface area contributed by atoms with Crippen LogP contribution in [0.2, 0.25) is 0 Å². The Morgan fingerprint density at radius 2 is 1.58 bits per heavy atom. The normalized spacial score (nSPS) is 12.1. The van der Waals surface area contributed by atoms with Crippen molar-refractivity contribution in [3.05, 3.63) is 64.1 Å².